The van der Waals surface area contributed by atoms with Gasteiger partial charge in [-0.05, 0) is 6.92 Å². The molecule has 0 unspecified atom stereocenters. The highest BCUT2D eigenvalue weighted by Crippen LogP contribution is 1.81. The molecule has 0 aromatic heterocycles. The average Bonchev–Trinajstić information content (AvgIpc) is 2.22. The highest BCUT2D eigenvalue weighted by atomic mass is 28.3. The first kappa shape index (κ1) is 19.4. The Hall–Kier alpha value is -0.163. The van der Waals surface area contributed by atoms with Gasteiger partial charge in [0.1, 0.15) is 0 Å². The van der Waals surface area contributed by atoms with Gasteiger partial charge in [0.15, 0.2) is 0 Å². The summed E-state index contributed by atoms with van der Waals surface area (Å²) in [7, 11) is 3.05. The third kappa shape index (κ3) is 29.7. The van der Waals surface area contributed by atoms with Gasteiger partial charge < -0.3 is 13.3 Å². The fraction of sp³-hybridized carbons (Fsp3) is 0.800. The molecule has 0 atom stereocenters. The molecule has 0 N–H and O–H groups in total. The summed E-state index contributed by atoms with van der Waals surface area (Å²) < 4.78 is 14.2. The number of unbranched alkanes of at least 4 members (excludes halogenated alkanes) is 1. The molecule has 0 aliphatic heterocycles. The summed E-state index contributed by atoms with van der Waals surface area (Å²) in [4.78, 5) is 0. The summed E-state index contributed by atoms with van der Waals surface area (Å²) in [6.45, 7) is 9.61. The van der Waals surface area contributed by atoms with E-state index in [1.165, 1.54) is 12.8 Å². The molecule has 0 saturated carbocycles. The Labute approximate surface area is 91.0 Å². The van der Waals surface area contributed by atoms with E-state index in [0.29, 0.717) is 0 Å². The van der Waals surface area contributed by atoms with Crippen LogP contribution in [0.1, 0.15) is 33.6 Å². The second-order valence-electron chi connectivity index (χ2n) is 2.40. The zero-order chi connectivity index (χ0) is 11.8. The molecular formula is C10H26O3Si. The Balaban J connectivity index is -0.000000147. The van der Waals surface area contributed by atoms with Crippen LogP contribution < -0.4 is 0 Å². The van der Waals surface area contributed by atoms with Crippen molar-refractivity contribution in [2.24, 2.45) is 0 Å². The second-order valence-corrected chi connectivity index (χ2v) is 4.40. The van der Waals surface area contributed by atoms with E-state index >= 15 is 0 Å². The van der Waals surface area contributed by atoms with Gasteiger partial charge in [0.2, 0.25) is 0 Å². The monoisotopic (exact) mass is 222 g/mol. The summed E-state index contributed by atoms with van der Waals surface area (Å²) in [6, 6.07) is 0. The van der Waals surface area contributed by atoms with Crippen LogP contribution in [0.4, 0.5) is 0 Å². The van der Waals surface area contributed by atoms with Crippen LogP contribution in [-0.2, 0) is 13.3 Å². The lowest BCUT2D eigenvalue weighted by Crippen LogP contribution is -2.21. The minimum Gasteiger partial charge on any atom is -0.379 e. The number of allylic oxidation sites excluding steroid dienone is 1. The molecule has 14 heavy (non-hydrogen) atoms. The van der Waals surface area contributed by atoms with E-state index in [1.807, 2.05) is 6.92 Å². The molecule has 0 spiro atoms. The van der Waals surface area contributed by atoms with Gasteiger partial charge in [0.25, 0.3) is 0 Å². The molecular weight excluding hydrogens is 196 g/mol. The molecule has 0 aromatic carbocycles. The predicted molar refractivity (Wildman–Crippen MR) is 64.6 cm³/mol. The van der Waals surface area contributed by atoms with E-state index in [4.69, 9.17) is 13.3 Å². The molecule has 0 rings (SSSR count). The Bertz CT molecular complexity index is 77.9. The van der Waals surface area contributed by atoms with Gasteiger partial charge in [-0.3, -0.25) is 0 Å². The van der Waals surface area contributed by atoms with Crippen LogP contribution in [0.25, 0.3) is 0 Å². The molecule has 0 saturated heterocycles. The van der Waals surface area contributed by atoms with Gasteiger partial charge in [0, 0.05) is 21.3 Å². The summed E-state index contributed by atoms with van der Waals surface area (Å²) in [5.41, 5.74) is 0. The van der Waals surface area contributed by atoms with Crippen molar-refractivity contribution >= 4 is 9.53 Å². The highest BCUT2D eigenvalue weighted by molar-refractivity contribution is 6.36. The lowest BCUT2D eigenvalue weighted by molar-refractivity contribution is 0.163. The summed E-state index contributed by atoms with van der Waals surface area (Å²) in [5.74, 6) is 0. The van der Waals surface area contributed by atoms with Crippen molar-refractivity contribution in [3.8, 4) is 0 Å². The Morgan fingerprint density at radius 3 is 1.21 bits per heavy atom. The first-order valence-corrected chi connectivity index (χ1v) is 6.25. The van der Waals surface area contributed by atoms with Gasteiger partial charge >= 0.3 is 9.53 Å². The third-order valence-corrected chi connectivity index (χ3v) is 2.23. The van der Waals surface area contributed by atoms with Crippen LogP contribution in [0.5, 0.6) is 0 Å². The van der Waals surface area contributed by atoms with Crippen LogP contribution in [0.2, 0.25) is 0 Å². The summed E-state index contributed by atoms with van der Waals surface area (Å²) in [6.07, 6.45) is 4.39. The molecule has 0 radical (unpaired) electrons. The van der Waals surface area contributed by atoms with Crippen LogP contribution in [-0.4, -0.2) is 30.9 Å². The minimum absolute atomic E-state index is 1.32. The lowest BCUT2D eigenvalue weighted by atomic mass is 10.4. The first-order valence-electron chi connectivity index (χ1n) is 4.83. The molecule has 0 aliphatic rings. The quantitative estimate of drug-likeness (QED) is 0.540. The van der Waals surface area contributed by atoms with Gasteiger partial charge in [-0.1, -0.05) is 32.8 Å². The fourth-order valence-corrected chi connectivity index (χ4v) is 0.866. The van der Waals surface area contributed by atoms with Crippen LogP contribution in [0.3, 0.4) is 0 Å². The van der Waals surface area contributed by atoms with Gasteiger partial charge in [-0.2, -0.15) is 0 Å². The van der Waals surface area contributed by atoms with E-state index in [2.05, 4.69) is 20.4 Å². The Morgan fingerprint density at radius 1 is 1.00 bits per heavy atom. The van der Waals surface area contributed by atoms with E-state index in [0.717, 1.165) is 0 Å². The first-order chi connectivity index (χ1) is 6.67. The van der Waals surface area contributed by atoms with Crippen molar-refractivity contribution < 1.29 is 13.3 Å². The zero-order valence-corrected chi connectivity index (χ0v) is 11.7. The Kier molecular flexibility index (Phi) is 31.9. The zero-order valence-electron chi connectivity index (χ0n) is 10.5. The number of rotatable bonds is 4. The van der Waals surface area contributed by atoms with Crippen LogP contribution >= 0.6 is 0 Å². The van der Waals surface area contributed by atoms with E-state index in [9.17, 15) is 0 Å². The van der Waals surface area contributed by atoms with E-state index < -0.39 is 9.53 Å². The lowest BCUT2D eigenvalue weighted by Gasteiger charge is -2.05. The van der Waals surface area contributed by atoms with Crippen molar-refractivity contribution in [3.05, 3.63) is 12.7 Å². The molecule has 0 aromatic rings. The van der Waals surface area contributed by atoms with E-state index in [1.54, 1.807) is 27.4 Å². The maximum atomic E-state index is 4.74. The summed E-state index contributed by atoms with van der Waals surface area (Å²) in [5, 5.41) is 0. The standard InChI is InChI=1S/C4H10.C3H10O3Si.C3H6/c1-3-4-2;1-4-7(5-2)6-3;1-3-2/h3-4H2,1-2H3;7H,1-3H3;3H,1H2,2H3. The fourth-order valence-electron chi connectivity index (χ4n) is 0.289. The molecule has 0 aliphatic carbocycles. The Morgan fingerprint density at radius 2 is 1.21 bits per heavy atom. The maximum absolute atomic E-state index is 4.74. The molecule has 3 nitrogen and oxygen atoms in total. The maximum Gasteiger partial charge on any atom is 0.483 e. The number of hydrogen-bond acceptors (Lipinski definition) is 3. The average molecular weight is 222 g/mol. The molecule has 0 amide bonds. The predicted octanol–water partition coefficient (Wildman–Crippen LogP) is 2.64. The highest BCUT2D eigenvalue weighted by Gasteiger charge is 2.04. The molecule has 88 valence electrons. The largest absolute Gasteiger partial charge is 0.483 e. The normalized spacial score (nSPS) is 8.21. The number of hydrogen-bond donors (Lipinski definition) is 0. The van der Waals surface area contributed by atoms with Crippen molar-refractivity contribution in [2.45, 2.75) is 33.6 Å². The third-order valence-electron chi connectivity index (χ3n) is 1.08. The smallest absolute Gasteiger partial charge is 0.379 e. The topological polar surface area (TPSA) is 27.7 Å². The van der Waals surface area contributed by atoms with Gasteiger partial charge in [-0.25, -0.2) is 0 Å². The second kappa shape index (κ2) is 23.0. The van der Waals surface area contributed by atoms with Crippen LogP contribution in [0, 0.1) is 0 Å². The minimum atomic E-state index is -1.67. The van der Waals surface area contributed by atoms with Gasteiger partial charge in [-0.15, -0.1) is 6.58 Å². The van der Waals surface area contributed by atoms with Crippen LogP contribution in [0.15, 0.2) is 12.7 Å². The van der Waals surface area contributed by atoms with Crippen molar-refractivity contribution in [1.82, 2.24) is 0 Å². The molecule has 0 bridgehead atoms. The van der Waals surface area contributed by atoms with Gasteiger partial charge in [0.05, 0.1) is 0 Å². The molecule has 0 heterocycles. The molecule has 0 fully saturated rings. The SMILES string of the molecule is C=CC.CCCC.CO[SiH](OC)OC. The van der Waals surface area contributed by atoms with Crippen molar-refractivity contribution in [2.75, 3.05) is 21.3 Å². The molecule has 4 heteroatoms. The van der Waals surface area contributed by atoms with Crippen molar-refractivity contribution in [3.63, 3.8) is 0 Å². The van der Waals surface area contributed by atoms with Crippen molar-refractivity contribution in [1.29, 1.82) is 0 Å². The summed E-state index contributed by atoms with van der Waals surface area (Å²) >= 11 is 0. The van der Waals surface area contributed by atoms with E-state index in [-0.39, 0.29) is 0 Å².